The standard InChI is InChI=1S/C21H25N7O2/c22-16-7-5-14(6-8-16)11-24-20-19(28(29)30)13-26-21(27-20)25-12-18-17-4-2-1-3-15(17)9-10-23-18/h1-4,9-10,13-14,16H,5-8,11-12,22H2,(H2,24,25,26,27). The summed E-state index contributed by atoms with van der Waals surface area (Å²) in [5.41, 5.74) is 6.70. The van der Waals surface area contributed by atoms with E-state index in [1.54, 1.807) is 6.20 Å². The highest BCUT2D eigenvalue weighted by atomic mass is 16.6. The van der Waals surface area contributed by atoms with Gasteiger partial charge in [-0.25, -0.2) is 4.98 Å². The van der Waals surface area contributed by atoms with Gasteiger partial charge in [0.2, 0.25) is 11.8 Å². The van der Waals surface area contributed by atoms with Crippen LogP contribution in [0.4, 0.5) is 17.5 Å². The lowest BCUT2D eigenvalue weighted by Crippen LogP contribution is -2.29. The molecule has 1 aliphatic rings. The van der Waals surface area contributed by atoms with E-state index in [9.17, 15) is 10.1 Å². The zero-order valence-corrected chi connectivity index (χ0v) is 16.6. The van der Waals surface area contributed by atoms with E-state index in [2.05, 4.69) is 25.6 Å². The maximum absolute atomic E-state index is 11.4. The van der Waals surface area contributed by atoms with Crippen molar-refractivity contribution in [3.05, 3.63) is 58.5 Å². The number of hydrogen-bond acceptors (Lipinski definition) is 8. The molecule has 4 N–H and O–H groups in total. The number of nitro groups is 1. The number of hydrogen-bond donors (Lipinski definition) is 3. The first kappa shape index (κ1) is 20.0. The molecule has 0 spiro atoms. The molecule has 156 valence electrons. The summed E-state index contributed by atoms with van der Waals surface area (Å²) >= 11 is 0. The van der Waals surface area contributed by atoms with Gasteiger partial charge < -0.3 is 16.4 Å². The quantitative estimate of drug-likeness (QED) is 0.401. The lowest BCUT2D eigenvalue weighted by atomic mass is 9.86. The molecule has 0 aliphatic heterocycles. The molecule has 2 heterocycles. The predicted octanol–water partition coefficient (Wildman–Crippen LogP) is 3.47. The Balaban J connectivity index is 1.47. The fourth-order valence-corrected chi connectivity index (χ4v) is 3.84. The molecule has 1 aliphatic carbocycles. The summed E-state index contributed by atoms with van der Waals surface area (Å²) in [4.78, 5) is 23.8. The Hall–Kier alpha value is -3.33. The van der Waals surface area contributed by atoms with Gasteiger partial charge in [-0.1, -0.05) is 24.3 Å². The molecule has 0 bridgehead atoms. The zero-order valence-electron chi connectivity index (χ0n) is 16.6. The third-order valence-corrected chi connectivity index (χ3v) is 5.59. The molecule has 0 radical (unpaired) electrons. The van der Waals surface area contributed by atoms with Crippen LogP contribution in [0.1, 0.15) is 31.4 Å². The van der Waals surface area contributed by atoms with Gasteiger partial charge in [-0.2, -0.15) is 4.98 Å². The van der Waals surface area contributed by atoms with Crippen molar-refractivity contribution in [2.75, 3.05) is 17.2 Å². The Kier molecular flexibility index (Phi) is 5.99. The number of pyridine rings is 1. The van der Waals surface area contributed by atoms with Crippen LogP contribution in [-0.4, -0.2) is 32.5 Å². The smallest absolute Gasteiger partial charge is 0.329 e. The molecule has 0 amide bonds. The summed E-state index contributed by atoms with van der Waals surface area (Å²) < 4.78 is 0. The molecular weight excluding hydrogens is 382 g/mol. The van der Waals surface area contributed by atoms with Gasteiger partial charge in [0, 0.05) is 24.2 Å². The Morgan fingerprint density at radius 2 is 1.90 bits per heavy atom. The second-order valence-corrected chi connectivity index (χ2v) is 7.68. The van der Waals surface area contributed by atoms with Gasteiger partial charge >= 0.3 is 5.69 Å². The molecule has 2 aromatic heterocycles. The van der Waals surface area contributed by atoms with Crippen molar-refractivity contribution in [1.29, 1.82) is 0 Å². The number of rotatable bonds is 7. The Morgan fingerprint density at radius 3 is 2.70 bits per heavy atom. The summed E-state index contributed by atoms with van der Waals surface area (Å²) in [6.07, 6.45) is 7.02. The number of nitrogens with two attached hydrogens (primary N) is 1. The normalized spacial score (nSPS) is 18.8. The van der Waals surface area contributed by atoms with Crippen molar-refractivity contribution in [3.8, 4) is 0 Å². The number of nitrogens with zero attached hydrogens (tertiary/aromatic N) is 4. The van der Waals surface area contributed by atoms with E-state index in [-0.39, 0.29) is 17.5 Å². The third-order valence-electron chi connectivity index (χ3n) is 5.59. The lowest BCUT2D eigenvalue weighted by molar-refractivity contribution is -0.384. The van der Waals surface area contributed by atoms with Crippen LogP contribution in [0.2, 0.25) is 0 Å². The van der Waals surface area contributed by atoms with Crippen molar-refractivity contribution >= 4 is 28.2 Å². The first-order valence-corrected chi connectivity index (χ1v) is 10.2. The molecule has 9 heteroatoms. The molecule has 1 aromatic carbocycles. The number of anilines is 2. The molecule has 0 atom stereocenters. The van der Waals surface area contributed by atoms with E-state index in [0.29, 0.717) is 25.0 Å². The zero-order chi connectivity index (χ0) is 20.9. The highest BCUT2D eigenvalue weighted by molar-refractivity contribution is 5.84. The fourth-order valence-electron chi connectivity index (χ4n) is 3.84. The average molecular weight is 407 g/mol. The van der Waals surface area contributed by atoms with Gasteiger partial charge in [0.25, 0.3) is 0 Å². The molecule has 1 saturated carbocycles. The Bertz CT molecular complexity index is 1030. The number of aromatic nitrogens is 3. The average Bonchev–Trinajstić information content (AvgIpc) is 2.77. The van der Waals surface area contributed by atoms with Crippen molar-refractivity contribution in [3.63, 3.8) is 0 Å². The van der Waals surface area contributed by atoms with E-state index in [4.69, 9.17) is 5.73 Å². The highest BCUT2D eigenvalue weighted by Crippen LogP contribution is 2.26. The minimum Gasteiger partial charge on any atom is -0.364 e. The fraction of sp³-hybridized carbons (Fsp3) is 0.381. The predicted molar refractivity (Wildman–Crippen MR) is 116 cm³/mol. The van der Waals surface area contributed by atoms with E-state index in [1.807, 2.05) is 30.3 Å². The minimum atomic E-state index is -0.463. The highest BCUT2D eigenvalue weighted by Gasteiger charge is 2.21. The number of nitrogens with one attached hydrogen (secondary N) is 2. The van der Waals surface area contributed by atoms with Crippen LogP contribution in [0.25, 0.3) is 10.8 Å². The molecule has 4 rings (SSSR count). The SMILES string of the molecule is NC1CCC(CNc2nc(NCc3nccc4ccccc34)ncc2[N+](=O)[O-])CC1. The summed E-state index contributed by atoms with van der Waals surface area (Å²) in [5, 5.41) is 19.8. The largest absolute Gasteiger partial charge is 0.364 e. The van der Waals surface area contributed by atoms with Gasteiger partial charge in [-0.15, -0.1) is 0 Å². The molecular formula is C21H25N7O2. The summed E-state index contributed by atoms with van der Waals surface area (Å²) in [7, 11) is 0. The Labute approximate surface area is 174 Å². The molecule has 0 saturated heterocycles. The van der Waals surface area contributed by atoms with E-state index >= 15 is 0 Å². The first-order valence-electron chi connectivity index (χ1n) is 10.2. The van der Waals surface area contributed by atoms with Crippen LogP contribution >= 0.6 is 0 Å². The maximum Gasteiger partial charge on any atom is 0.329 e. The molecule has 30 heavy (non-hydrogen) atoms. The van der Waals surface area contributed by atoms with Gasteiger partial charge in [-0.3, -0.25) is 15.1 Å². The molecule has 3 aromatic rings. The van der Waals surface area contributed by atoms with Crippen molar-refractivity contribution in [2.24, 2.45) is 11.7 Å². The van der Waals surface area contributed by atoms with Crippen LogP contribution in [-0.2, 0) is 6.54 Å². The second kappa shape index (κ2) is 9.00. The van der Waals surface area contributed by atoms with Crippen molar-refractivity contribution < 1.29 is 4.92 Å². The topological polar surface area (TPSA) is 132 Å². The molecule has 0 unspecified atom stereocenters. The van der Waals surface area contributed by atoms with Gasteiger partial charge in [0.1, 0.15) is 6.20 Å². The van der Waals surface area contributed by atoms with Crippen LogP contribution in [0, 0.1) is 16.0 Å². The van der Waals surface area contributed by atoms with Crippen LogP contribution in [0.3, 0.4) is 0 Å². The van der Waals surface area contributed by atoms with Crippen molar-refractivity contribution in [2.45, 2.75) is 38.3 Å². The third kappa shape index (κ3) is 4.62. The first-order chi connectivity index (χ1) is 14.6. The second-order valence-electron chi connectivity index (χ2n) is 7.68. The number of benzene rings is 1. The van der Waals surface area contributed by atoms with E-state index in [1.165, 1.54) is 6.20 Å². The van der Waals surface area contributed by atoms with Crippen LogP contribution in [0.5, 0.6) is 0 Å². The monoisotopic (exact) mass is 407 g/mol. The molecule has 1 fully saturated rings. The number of fused-ring (bicyclic) bond motifs is 1. The maximum atomic E-state index is 11.4. The minimum absolute atomic E-state index is 0.128. The Morgan fingerprint density at radius 1 is 1.10 bits per heavy atom. The summed E-state index contributed by atoms with van der Waals surface area (Å²) in [5.74, 6) is 0.998. The lowest BCUT2D eigenvalue weighted by Gasteiger charge is -2.26. The van der Waals surface area contributed by atoms with Gasteiger partial charge in [-0.05, 0) is 43.1 Å². The van der Waals surface area contributed by atoms with Gasteiger partial charge in [0.05, 0.1) is 17.2 Å². The molecule has 9 nitrogen and oxygen atoms in total. The summed E-state index contributed by atoms with van der Waals surface area (Å²) in [6.45, 7) is 1.05. The van der Waals surface area contributed by atoms with Gasteiger partial charge in [0.15, 0.2) is 0 Å². The van der Waals surface area contributed by atoms with Crippen molar-refractivity contribution in [1.82, 2.24) is 15.0 Å². The van der Waals surface area contributed by atoms with Crippen LogP contribution < -0.4 is 16.4 Å². The van der Waals surface area contributed by atoms with E-state index in [0.717, 1.165) is 42.1 Å². The van der Waals surface area contributed by atoms with Crippen LogP contribution in [0.15, 0.2) is 42.7 Å². The summed E-state index contributed by atoms with van der Waals surface area (Å²) in [6, 6.07) is 10.2. The van der Waals surface area contributed by atoms with E-state index < -0.39 is 4.92 Å².